The maximum Gasteiger partial charge on any atom is 0.339 e. The number of H-pyrrole nitrogens is 1. The van der Waals surface area contributed by atoms with Crippen LogP contribution in [0.5, 0.6) is 0 Å². The zero-order chi connectivity index (χ0) is 16.3. The number of nitrogens with one attached hydrogen (secondary N) is 2. The number of ether oxygens (including phenoxy) is 1. The Bertz CT molecular complexity index is 671. The quantitative estimate of drug-likeness (QED) is 0.633. The Labute approximate surface area is 128 Å². The molecule has 6 heteroatoms. The highest BCUT2D eigenvalue weighted by Gasteiger charge is 2.22. The number of carbonyl (C=O) groups excluding carboxylic acids is 2. The van der Waals surface area contributed by atoms with Gasteiger partial charge in [-0.25, -0.2) is 4.79 Å². The highest BCUT2D eigenvalue weighted by molar-refractivity contribution is 6.02. The number of aromatic amines is 1. The molecule has 0 aliphatic heterocycles. The van der Waals surface area contributed by atoms with E-state index in [1.54, 1.807) is 26.2 Å². The average molecular weight is 304 g/mol. The van der Waals surface area contributed by atoms with E-state index >= 15 is 0 Å². The summed E-state index contributed by atoms with van der Waals surface area (Å²) in [5.74, 6) is 0.207. The summed E-state index contributed by atoms with van der Waals surface area (Å²) >= 11 is 0. The van der Waals surface area contributed by atoms with E-state index in [2.05, 4.69) is 10.3 Å². The fraction of sp³-hybridized carbons (Fsp3) is 0.375. The summed E-state index contributed by atoms with van der Waals surface area (Å²) in [4.78, 5) is 27.0. The van der Waals surface area contributed by atoms with Gasteiger partial charge in [0.25, 0.3) is 0 Å². The van der Waals surface area contributed by atoms with E-state index in [0.717, 1.165) is 5.76 Å². The number of hydrogen-bond acceptors (Lipinski definition) is 5. The molecule has 0 saturated carbocycles. The van der Waals surface area contributed by atoms with Gasteiger partial charge < -0.3 is 19.5 Å². The van der Waals surface area contributed by atoms with Crippen molar-refractivity contribution in [3.8, 4) is 0 Å². The lowest BCUT2D eigenvalue weighted by Gasteiger charge is -2.10. The molecule has 1 atom stereocenters. The van der Waals surface area contributed by atoms with Crippen LogP contribution in [-0.4, -0.2) is 30.4 Å². The smallest absolute Gasteiger partial charge is 0.339 e. The molecule has 2 aromatic heterocycles. The second kappa shape index (κ2) is 6.62. The minimum absolute atomic E-state index is 0.0737. The Morgan fingerprint density at radius 1 is 1.41 bits per heavy atom. The fourth-order valence-corrected chi connectivity index (χ4v) is 2.41. The number of ketones is 1. The maximum atomic E-state index is 12.3. The number of Topliss-reactive ketones (excluding diaryl/α,β-unsaturated/α-hetero) is 1. The van der Waals surface area contributed by atoms with E-state index in [9.17, 15) is 9.59 Å². The van der Waals surface area contributed by atoms with E-state index in [4.69, 9.17) is 9.15 Å². The Morgan fingerprint density at radius 2 is 2.14 bits per heavy atom. The molecule has 118 valence electrons. The summed E-state index contributed by atoms with van der Waals surface area (Å²) in [5, 5.41) is 3.10. The van der Waals surface area contributed by atoms with Crippen LogP contribution in [0.25, 0.3) is 0 Å². The Balaban J connectivity index is 2.09. The summed E-state index contributed by atoms with van der Waals surface area (Å²) in [6.07, 6.45) is 1.59. The monoisotopic (exact) mass is 304 g/mol. The van der Waals surface area contributed by atoms with Crippen LogP contribution in [0.15, 0.2) is 22.8 Å². The third-order valence-corrected chi connectivity index (χ3v) is 3.64. The summed E-state index contributed by atoms with van der Waals surface area (Å²) in [5.41, 5.74) is 2.09. The molecule has 0 amide bonds. The standard InChI is InChI=1S/C16H20N2O4/c1-9-14(16(20)21-4)11(3)18-15(9)12(19)8-17-10(2)13-6-5-7-22-13/h5-7,10,17-18H,8H2,1-4H3/t10-/m0/s1. The Morgan fingerprint density at radius 3 is 2.73 bits per heavy atom. The molecule has 6 nitrogen and oxygen atoms in total. The van der Waals surface area contributed by atoms with Crippen molar-refractivity contribution in [2.24, 2.45) is 0 Å². The van der Waals surface area contributed by atoms with E-state index in [-0.39, 0.29) is 18.4 Å². The summed E-state index contributed by atoms with van der Waals surface area (Å²) in [6, 6.07) is 3.58. The van der Waals surface area contributed by atoms with Gasteiger partial charge in [0.2, 0.25) is 0 Å². The number of rotatable bonds is 6. The van der Waals surface area contributed by atoms with Crippen molar-refractivity contribution in [1.29, 1.82) is 0 Å². The van der Waals surface area contributed by atoms with Crippen LogP contribution in [-0.2, 0) is 4.74 Å². The largest absolute Gasteiger partial charge is 0.468 e. The topological polar surface area (TPSA) is 84.3 Å². The highest BCUT2D eigenvalue weighted by Crippen LogP contribution is 2.19. The number of carbonyl (C=O) groups is 2. The molecule has 0 saturated heterocycles. The van der Waals surface area contributed by atoms with Crippen molar-refractivity contribution in [1.82, 2.24) is 10.3 Å². The zero-order valence-electron chi connectivity index (χ0n) is 13.1. The second-order valence-electron chi connectivity index (χ2n) is 5.16. The predicted molar refractivity (Wildman–Crippen MR) is 81.1 cm³/mol. The number of esters is 1. The van der Waals surface area contributed by atoms with Crippen LogP contribution in [0.4, 0.5) is 0 Å². The first kappa shape index (κ1) is 16.0. The van der Waals surface area contributed by atoms with E-state index in [0.29, 0.717) is 22.5 Å². The third kappa shape index (κ3) is 3.12. The van der Waals surface area contributed by atoms with E-state index in [1.807, 2.05) is 13.0 Å². The van der Waals surface area contributed by atoms with Crippen LogP contribution in [0, 0.1) is 13.8 Å². The Kier molecular flexibility index (Phi) is 4.82. The van der Waals surface area contributed by atoms with Crippen LogP contribution in [0.1, 0.15) is 50.8 Å². The van der Waals surface area contributed by atoms with Crippen molar-refractivity contribution >= 4 is 11.8 Å². The lowest BCUT2D eigenvalue weighted by atomic mass is 10.1. The second-order valence-corrected chi connectivity index (χ2v) is 5.16. The minimum atomic E-state index is -0.442. The molecule has 2 N–H and O–H groups in total. The number of methoxy groups -OCH3 is 1. The summed E-state index contributed by atoms with van der Waals surface area (Å²) in [6.45, 7) is 5.54. The van der Waals surface area contributed by atoms with Gasteiger partial charge in [0.05, 0.1) is 37.2 Å². The fourth-order valence-electron chi connectivity index (χ4n) is 2.41. The van der Waals surface area contributed by atoms with Gasteiger partial charge in [0.15, 0.2) is 5.78 Å². The lowest BCUT2D eigenvalue weighted by Crippen LogP contribution is -2.26. The third-order valence-electron chi connectivity index (χ3n) is 3.64. The molecule has 0 aliphatic rings. The first-order chi connectivity index (χ1) is 10.5. The van der Waals surface area contributed by atoms with Crippen molar-refractivity contribution in [2.45, 2.75) is 26.8 Å². The van der Waals surface area contributed by atoms with Crippen molar-refractivity contribution in [3.05, 3.63) is 46.7 Å². The number of aromatic nitrogens is 1. The van der Waals surface area contributed by atoms with Gasteiger partial charge in [-0.15, -0.1) is 0 Å². The normalized spacial score (nSPS) is 12.2. The number of furan rings is 1. The van der Waals surface area contributed by atoms with Gasteiger partial charge in [0, 0.05) is 5.69 Å². The van der Waals surface area contributed by atoms with Gasteiger partial charge >= 0.3 is 5.97 Å². The highest BCUT2D eigenvalue weighted by atomic mass is 16.5. The molecule has 0 aliphatic carbocycles. The average Bonchev–Trinajstić information content (AvgIpc) is 3.12. The molecule has 2 aromatic rings. The predicted octanol–water partition coefficient (Wildman–Crippen LogP) is 2.54. The maximum absolute atomic E-state index is 12.3. The van der Waals surface area contributed by atoms with Crippen LogP contribution in [0.2, 0.25) is 0 Å². The molecule has 0 fully saturated rings. The SMILES string of the molecule is COC(=O)c1c(C)[nH]c(C(=O)CN[C@@H](C)c2ccco2)c1C. The van der Waals surface area contributed by atoms with Crippen molar-refractivity contribution < 1.29 is 18.7 Å². The van der Waals surface area contributed by atoms with Gasteiger partial charge in [-0.05, 0) is 38.5 Å². The molecule has 22 heavy (non-hydrogen) atoms. The minimum Gasteiger partial charge on any atom is -0.468 e. The van der Waals surface area contributed by atoms with Gasteiger partial charge in [-0.3, -0.25) is 4.79 Å². The summed E-state index contributed by atoms with van der Waals surface area (Å²) in [7, 11) is 1.32. The van der Waals surface area contributed by atoms with E-state index in [1.165, 1.54) is 7.11 Å². The van der Waals surface area contributed by atoms with Gasteiger partial charge in [-0.2, -0.15) is 0 Å². The summed E-state index contributed by atoms with van der Waals surface area (Å²) < 4.78 is 10.0. The molecule has 0 bridgehead atoms. The molecule has 0 unspecified atom stereocenters. The first-order valence-electron chi connectivity index (χ1n) is 7.03. The molecule has 0 aromatic carbocycles. The van der Waals surface area contributed by atoms with Gasteiger partial charge in [0.1, 0.15) is 5.76 Å². The number of aryl methyl sites for hydroxylation is 1. The molecule has 2 heterocycles. The first-order valence-corrected chi connectivity index (χ1v) is 7.03. The molecule has 0 spiro atoms. The molecular formula is C16H20N2O4. The Hall–Kier alpha value is -2.34. The number of hydrogen-bond donors (Lipinski definition) is 2. The van der Waals surface area contributed by atoms with Crippen LogP contribution >= 0.6 is 0 Å². The van der Waals surface area contributed by atoms with Crippen LogP contribution < -0.4 is 5.32 Å². The van der Waals surface area contributed by atoms with Crippen molar-refractivity contribution in [3.63, 3.8) is 0 Å². The van der Waals surface area contributed by atoms with Crippen molar-refractivity contribution in [2.75, 3.05) is 13.7 Å². The molecule has 0 radical (unpaired) electrons. The zero-order valence-corrected chi connectivity index (χ0v) is 13.1. The molecular weight excluding hydrogens is 284 g/mol. The van der Waals surface area contributed by atoms with Gasteiger partial charge in [-0.1, -0.05) is 0 Å². The van der Waals surface area contributed by atoms with Crippen LogP contribution in [0.3, 0.4) is 0 Å². The molecule has 2 rings (SSSR count). The lowest BCUT2D eigenvalue weighted by molar-refractivity contribution is 0.0599. The van der Waals surface area contributed by atoms with E-state index < -0.39 is 5.97 Å².